The summed E-state index contributed by atoms with van der Waals surface area (Å²) in [5.74, 6) is 0.234. The number of carbonyl (C=O) groups is 2. The maximum absolute atomic E-state index is 13.9. The molecule has 1 N–H and O–H groups in total. The van der Waals surface area contributed by atoms with E-state index in [2.05, 4.69) is 16.4 Å². The number of rotatable bonds is 5. The Morgan fingerprint density at radius 1 is 1.37 bits per heavy atom. The minimum absolute atomic E-state index is 0.0425. The number of anilines is 1. The van der Waals surface area contributed by atoms with Gasteiger partial charge in [-0.3, -0.25) is 14.6 Å². The Morgan fingerprint density at radius 2 is 2.17 bits per heavy atom. The van der Waals surface area contributed by atoms with Gasteiger partial charge in [-0.15, -0.1) is 11.8 Å². The molecule has 0 saturated carbocycles. The van der Waals surface area contributed by atoms with Crippen LogP contribution in [0.3, 0.4) is 0 Å². The van der Waals surface area contributed by atoms with Gasteiger partial charge >= 0.3 is 0 Å². The zero-order valence-electron chi connectivity index (χ0n) is 16.0. The topological polar surface area (TPSA) is 89.3 Å². The molecular formula is C20H19F2N5O2S. The molecule has 0 spiro atoms. The quantitative estimate of drug-likeness (QED) is 0.778. The molecule has 1 atom stereocenters. The van der Waals surface area contributed by atoms with Crippen LogP contribution in [-0.4, -0.2) is 71.3 Å². The van der Waals surface area contributed by atoms with Crippen molar-refractivity contribution in [3.05, 3.63) is 36.0 Å². The molecule has 30 heavy (non-hydrogen) atoms. The number of aromatic nitrogens is 1. The predicted octanol–water partition coefficient (Wildman–Crippen LogP) is 1.89. The van der Waals surface area contributed by atoms with Crippen LogP contribution in [0.1, 0.15) is 10.4 Å². The molecule has 10 heteroatoms. The number of fused-ring (bicyclic) bond motifs is 1. The van der Waals surface area contributed by atoms with Crippen LogP contribution in [-0.2, 0) is 4.79 Å². The van der Waals surface area contributed by atoms with Crippen molar-refractivity contribution in [2.75, 3.05) is 42.8 Å². The number of halogens is 2. The van der Waals surface area contributed by atoms with Gasteiger partial charge in [0.15, 0.2) is 5.67 Å². The highest BCUT2D eigenvalue weighted by molar-refractivity contribution is 7.99. The Kier molecular flexibility index (Phi) is 5.47. The number of nitrogens with one attached hydrogen (secondary N) is 1. The number of benzene rings is 1. The zero-order chi connectivity index (χ0) is 21.3. The second kappa shape index (κ2) is 8.07. The lowest BCUT2D eigenvalue weighted by atomic mass is 9.96. The first kappa shape index (κ1) is 20.3. The van der Waals surface area contributed by atoms with Crippen molar-refractivity contribution in [1.29, 1.82) is 5.26 Å². The molecule has 0 unspecified atom stereocenters. The third-order valence-electron chi connectivity index (χ3n) is 5.27. The van der Waals surface area contributed by atoms with Crippen LogP contribution in [0.25, 0.3) is 10.9 Å². The van der Waals surface area contributed by atoms with Gasteiger partial charge in [0.25, 0.3) is 5.91 Å². The van der Waals surface area contributed by atoms with E-state index in [1.165, 1.54) is 22.9 Å². The molecule has 7 nitrogen and oxygen atoms in total. The molecular weight excluding hydrogens is 412 g/mol. The monoisotopic (exact) mass is 431 g/mol. The smallest absolute Gasteiger partial charge is 0.252 e. The van der Waals surface area contributed by atoms with Gasteiger partial charge in [-0.2, -0.15) is 5.26 Å². The minimum atomic E-state index is -1.82. The highest BCUT2D eigenvalue weighted by Crippen LogP contribution is 2.33. The number of carbonyl (C=O) groups excluding carboxylic acids is 2. The molecule has 2 aliphatic heterocycles. The van der Waals surface area contributed by atoms with E-state index in [1.807, 2.05) is 0 Å². The third kappa shape index (κ3) is 3.77. The van der Waals surface area contributed by atoms with Gasteiger partial charge in [0.05, 0.1) is 42.7 Å². The van der Waals surface area contributed by atoms with Gasteiger partial charge < -0.3 is 15.1 Å². The lowest BCUT2D eigenvalue weighted by Gasteiger charge is -2.44. The fraction of sp³-hybridized carbons (Fsp3) is 0.400. The number of alkyl halides is 2. The normalized spacial score (nSPS) is 20.0. The van der Waals surface area contributed by atoms with E-state index >= 15 is 0 Å². The molecule has 0 aliphatic carbocycles. The Bertz CT molecular complexity index is 1040. The summed E-state index contributed by atoms with van der Waals surface area (Å²) in [6, 6.07) is 8.35. The van der Waals surface area contributed by atoms with Crippen molar-refractivity contribution >= 4 is 40.2 Å². The summed E-state index contributed by atoms with van der Waals surface area (Å²) < 4.78 is 26.6. The Balaban J connectivity index is 1.49. The molecule has 0 bridgehead atoms. The fourth-order valence-electron chi connectivity index (χ4n) is 3.58. The maximum Gasteiger partial charge on any atom is 0.252 e. The molecule has 2 amide bonds. The minimum Gasteiger partial charge on any atom is -0.365 e. The molecule has 0 radical (unpaired) electrons. The van der Waals surface area contributed by atoms with Crippen molar-refractivity contribution in [3.8, 4) is 6.07 Å². The van der Waals surface area contributed by atoms with Crippen molar-refractivity contribution in [2.45, 2.75) is 11.7 Å². The summed E-state index contributed by atoms with van der Waals surface area (Å²) in [6.45, 7) is -1.32. The summed E-state index contributed by atoms with van der Waals surface area (Å²) in [4.78, 5) is 32.5. The summed E-state index contributed by atoms with van der Waals surface area (Å²) in [6.07, 6.45) is 1.50. The zero-order valence-corrected chi connectivity index (χ0v) is 16.8. The van der Waals surface area contributed by atoms with E-state index in [-0.39, 0.29) is 25.5 Å². The molecule has 2 fully saturated rings. The largest absolute Gasteiger partial charge is 0.365 e. The maximum atomic E-state index is 13.9. The molecule has 4 rings (SSSR count). The molecule has 3 heterocycles. The van der Waals surface area contributed by atoms with Crippen LogP contribution in [0.2, 0.25) is 0 Å². The standard InChI is InChI=1S/C20H19F2N5O2S/c21-9-20(22)10-26(11-20)13-1-2-17-16(5-13)15(3-4-24-17)19(29)25-7-18(28)27-12-30-8-14(27)6-23/h1-5,14H,7-12H2,(H,25,29)/t14-/m1/s1. The molecule has 1 aromatic heterocycles. The summed E-state index contributed by atoms with van der Waals surface area (Å²) in [5, 5.41) is 12.3. The Hall–Kier alpha value is -2.93. The van der Waals surface area contributed by atoms with Crippen LogP contribution in [0.15, 0.2) is 30.5 Å². The number of thioether (sulfide) groups is 1. The molecule has 156 valence electrons. The second-order valence-corrected chi connectivity index (χ2v) is 8.39. The third-order valence-corrected chi connectivity index (χ3v) is 6.29. The Labute approximate surface area is 176 Å². The lowest BCUT2D eigenvalue weighted by Crippen LogP contribution is -2.60. The van der Waals surface area contributed by atoms with Crippen LogP contribution in [0.5, 0.6) is 0 Å². The van der Waals surface area contributed by atoms with Crippen molar-refractivity contribution in [3.63, 3.8) is 0 Å². The van der Waals surface area contributed by atoms with E-state index in [0.29, 0.717) is 33.8 Å². The number of pyridine rings is 1. The van der Waals surface area contributed by atoms with Crippen molar-refractivity contribution in [2.24, 2.45) is 0 Å². The molecule has 2 aromatic rings. The predicted molar refractivity (Wildman–Crippen MR) is 110 cm³/mol. The van der Waals surface area contributed by atoms with Crippen molar-refractivity contribution < 1.29 is 18.4 Å². The van der Waals surface area contributed by atoms with E-state index in [4.69, 9.17) is 5.26 Å². The van der Waals surface area contributed by atoms with E-state index in [0.717, 1.165) is 0 Å². The van der Waals surface area contributed by atoms with Crippen LogP contribution in [0, 0.1) is 11.3 Å². The van der Waals surface area contributed by atoms with Gasteiger partial charge in [0.1, 0.15) is 12.7 Å². The van der Waals surface area contributed by atoms with E-state index < -0.39 is 24.3 Å². The summed E-state index contributed by atoms with van der Waals surface area (Å²) in [7, 11) is 0. The fourth-order valence-corrected chi connectivity index (χ4v) is 4.69. The second-order valence-electron chi connectivity index (χ2n) is 7.39. The van der Waals surface area contributed by atoms with E-state index in [9.17, 15) is 18.4 Å². The summed E-state index contributed by atoms with van der Waals surface area (Å²) >= 11 is 1.50. The van der Waals surface area contributed by atoms with Gasteiger partial charge in [0, 0.05) is 23.0 Å². The van der Waals surface area contributed by atoms with Crippen molar-refractivity contribution in [1.82, 2.24) is 15.2 Å². The number of amides is 2. The number of nitrogens with zero attached hydrogens (tertiary/aromatic N) is 4. The first-order chi connectivity index (χ1) is 14.4. The SMILES string of the molecule is N#C[C@@H]1CSCN1C(=O)CNC(=O)c1ccnc2ccc(N3CC(F)(CF)C3)cc12. The molecule has 2 saturated heterocycles. The molecule has 1 aromatic carbocycles. The van der Waals surface area contributed by atoms with Gasteiger partial charge in [-0.25, -0.2) is 8.78 Å². The lowest BCUT2D eigenvalue weighted by molar-refractivity contribution is -0.129. The highest BCUT2D eigenvalue weighted by atomic mass is 32.2. The first-order valence-corrected chi connectivity index (χ1v) is 10.5. The number of hydrogen-bond donors (Lipinski definition) is 1. The van der Waals surface area contributed by atoms with Crippen LogP contribution < -0.4 is 10.2 Å². The van der Waals surface area contributed by atoms with Gasteiger partial charge in [-0.1, -0.05) is 0 Å². The number of hydrogen-bond acceptors (Lipinski definition) is 6. The Morgan fingerprint density at radius 3 is 2.90 bits per heavy atom. The molecule has 2 aliphatic rings. The summed E-state index contributed by atoms with van der Waals surface area (Å²) in [5.41, 5.74) is -0.233. The van der Waals surface area contributed by atoms with Gasteiger partial charge in [0.2, 0.25) is 5.91 Å². The average molecular weight is 431 g/mol. The average Bonchev–Trinajstić information content (AvgIpc) is 3.23. The van der Waals surface area contributed by atoms with Gasteiger partial charge in [-0.05, 0) is 24.3 Å². The number of nitriles is 1. The van der Waals surface area contributed by atoms with E-state index in [1.54, 1.807) is 29.2 Å². The van der Waals surface area contributed by atoms with Crippen LogP contribution in [0.4, 0.5) is 14.5 Å². The van der Waals surface area contributed by atoms with Crippen LogP contribution >= 0.6 is 11.8 Å². The first-order valence-electron chi connectivity index (χ1n) is 9.38. The highest BCUT2D eigenvalue weighted by Gasteiger charge is 2.43.